The third-order valence-corrected chi connectivity index (χ3v) is 13.0. The standard InChI is InChI=1S/C34H46N2OP/c1-29(2)30(3)35-24-26-36(27-25-35)34(37)23-15-4-5-16-28-38(31-17-9-6-10-18-31,32-19-11-7-12-20-32)33-21-13-8-14-22-33/h6-14,17-22,29-30H,4-5,15-16,23-28H2,1-3H3/q+1/t30-/m1/s1. The highest BCUT2D eigenvalue weighted by molar-refractivity contribution is 7.95. The van der Waals surface area contributed by atoms with E-state index in [4.69, 9.17) is 0 Å². The Kier molecular flexibility index (Phi) is 10.6. The topological polar surface area (TPSA) is 23.6 Å². The zero-order valence-electron chi connectivity index (χ0n) is 23.6. The molecule has 0 saturated carbocycles. The lowest BCUT2D eigenvalue weighted by Gasteiger charge is -2.39. The van der Waals surface area contributed by atoms with Gasteiger partial charge in [-0.3, -0.25) is 9.69 Å². The molecule has 0 aromatic heterocycles. The van der Waals surface area contributed by atoms with Gasteiger partial charge < -0.3 is 4.90 Å². The van der Waals surface area contributed by atoms with Crippen LogP contribution in [-0.2, 0) is 4.79 Å². The van der Waals surface area contributed by atoms with E-state index in [0.29, 0.717) is 24.3 Å². The van der Waals surface area contributed by atoms with Gasteiger partial charge in [0.05, 0.1) is 6.16 Å². The molecule has 4 heteroatoms. The second kappa shape index (κ2) is 14.1. The molecule has 1 atom stereocenters. The van der Waals surface area contributed by atoms with Gasteiger partial charge in [-0.25, -0.2) is 0 Å². The first-order valence-corrected chi connectivity index (χ1v) is 16.6. The van der Waals surface area contributed by atoms with Crippen molar-refractivity contribution in [2.45, 2.75) is 58.9 Å². The largest absolute Gasteiger partial charge is 0.340 e. The van der Waals surface area contributed by atoms with Crippen LogP contribution in [0, 0.1) is 5.92 Å². The summed E-state index contributed by atoms with van der Waals surface area (Å²) in [6, 6.07) is 34.0. The lowest BCUT2D eigenvalue weighted by Crippen LogP contribution is -2.52. The van der Waals surface area contributed by atoms with E-state index in [1.54, 1.807) is 0 Å². The molecule has 3 aromatic rings. The van der Waals surface area contributed by atoms with Crippen LogP contribution in [0.15, 0.2) is 91.0 Å². The highest BCUT2D eigenvalue weighted by Gasteiger charge is 2.44. The molecule has 1 saturated heterocycles. The van der Waals surface area contributed by atoms with Gasteiger partial charge in [-0.1, -0.05) is 74.9 Å². The van der Waals surface area contributed by atoms with E-state index in [9.17, 15) is 4.79 Å². The Bertz CT molecular complexity index is 998. The zero-order chi connectivity index (χ0) is 26.8. The van der Waals surface area contributed by atoms with Gasteiger partial charge in [0.1, 0.15) is 23.2 Å². The molecule has 0 aliphatic carbocycles. The molecule has 1 amide bonds. The summed E-state index contributed by atoms with van der Waals surface area (Å²) in [7, 11) is -1.74. The molecular formula is C34H46N2OP+. The van der Waals surface area contributed by atoms with E-state index in [1.807, 2.05) is 0 Å². The van der Waals surface area contributed by atoms with Crippen LogP contribution in [0.1, 0.15) is 52.9 Å². The molecule has 0 spiro atoms. The molecule has 1 aliphatic heterocycles. The number of nitrogens with zero attached hydrogens (tertiary/aromatic N) is 2. The second-order valence-electron chi connectivity index (χ2n) is 11.1. The minimum Gasteiger partial charge on any atom is -0.340 e. The van der Waals surface area contributed by atoms with Gasteiger partial charge in [0.15, 0.2) is 0 Å². The Labute approximate surface area is 231 Å². The van der Waals surface area contributed by atoms with E-state index >= 15 is 0 Å². The minimum atomic E-state index is -1.74. The predicted molar refractivity (Wildman–Crippen MR) is 166 cm³/mol. The average Bonchev–Trinajstić information content (AvgIpc) is 2.98. The van der Waals surface area contributed by atoms with Gasteiger partial charge in [-0.2, -0.15) is 0 Å². The fourth-order valence-electron chi connectivity index (χ4n) is 5.82. The van der Waals surface area contributed by atoms with Crippen molar-refractivity contribution in [1.29, 1.82) is 0 Å². The van der Waals surface area contributed by atoms with Crippen LogP contribution in [0.3, 0.4) is 0 Å². The number of rotatable bonds is 12. The Morgan fingerprint density at radius 3 is 1.55 bits per heavy atom. The molecule has 202 valence electrons. The fraction of sp³-hybridized carbons (Fsp3) is 0.441. The van der Waals surface area contributed by atoms with Crippen molar-refractivity contribution in [3.05, 3.63) is 91.0 Å². The van der Waals surface area contributed by atoms with Crippen molar-refractivity contribution < 1.29 is 4.79 Å². The molecule has 0 unspecified atom stereocenters. The number of benzene rings is 3. The van der Waals surface area contributed by atoms with Crippen molar-refractivity contribution in [1.82, 2.24) is 9.80 Å². The number of unbranched alkanes of at least 4 members (excludes halogenated alkanes) is 3. The third-order valence-electron chi connectivity index (χ3n) is 8.43. The Hall–Kier alpha value is -2.48. The summed E-state index contributed by atoms with van der Waals surface area (Å²) in [6.07, 6.45) is 6.31. The summed E-state index contributed by atoms with van der Waals surface area (Å²) in [5.41, 5.74) is 0. The van der Waals surface area contributed by atoms with E-state index in [1.165, 1.54) is 28.8 Å². The van der Waals surface area contributed by atoms with Crippen LogP contribution >= 0.6 is 7.26 Å². The van der Waals surface area contributed by atoms with Crippen LogP contribution in [0.4, 0.5) is 0 Å². The first-order valence-electron chi connectivity index (χ1n) is 14.6. The number of hydrogen-bond donors (Lipinski definition) is 0. The number of carbonyl (C=O) groups excluding carboxylic acids is 1. The maximum Gasteiger partial charge on any atom is 0.222 e. The summed E-state index contributed by atoms with van der Waals surface area (Å²) in [5.74, 6) is 1.01. The summed E-state index contributed by atoms with van der Waals surface area (Å²) in [4.78, 5) is 17.5. The second-order valence-corrected chi connectivity index (χ2v) is 14.7. The summed E-state index contributed by atoms with van der Waals surface area (Å²) in [5, 5.41) is 4.37. The maximum absolute atomic E-state index is 12.9. The summed E-state index contributed by atoms with van der Waals surface area (Å²) < 4.78 is 0. The first kappa shape index (κ1) is 28.5. The Balaban J connectivity index is 1.34. The average molecular weight is 530 g/mol. The molecule has 4 rings (SSSR count). The molecule has 1 fully saturated rings. The highest BCUT2D eigenvalue weighted by Crippen LogP contribution is 2.56. The van der Waals surface area contributed by atoms with Crippen molar-refractivity contribution >= 4 is 29.1 Å². The van der Waals surface area contributed by atoms with Gasteiger partial charge in [0.2, 0.25) is 5.91 Å². The lowest BCUT2D eigenvalue weighted by molar-refractivity contribution is -0.133. The normalized spacial score (nSPS) is 15.5. The quantitative estimate of drug-likeness (QED) is 0.208. The number of amides is 1. The highest BCUT2D eigenvalue weighted by atomic mass is 31.2. The van der Waals surface area contributed by atoms with Gasteiger partial charge in [0, 0.05) is 38.6 Å². The Morgan fingerprint density at radius 2 is 1.11 bits per heavy atom. The molecule has 0 N–H and O–H groups in total. The van der Waals surface area contributed by atoms with Gasteiger partial charge in [-0.15, -0.1) is 0 Å². The fourth-order valence-corrected chi connectivity index (χ4v) is 10.2. The van der Waals surface area contributed by atoms with Crippen molar-refractivity contribution in [3.63, 3.8) is 0 Å². The van der Waals surface area contributed by atoms with Crippen LogP contribution < -0.4 is 15.9 Å². The molecule has 3 aromatic carbocycles. The summed E-state index contributed by atoms with van der Waals surface area (Å²) in [6.45, 7) is 10.7. The lowest BCUT2D eigenvalue weighted by atomic mass is 10.0. The summed E-state index contributed by atoms with van der Waals surface area (Å²) >= 11 is 0. The first-order chi connectivity index (χ1) is 18.5. The zero-order valence-corrected chi connectivity index (χ0v) is 24.5. The molecular weight excluding hydrogens is 483 g/mol. The van der Waals surface area contributed by atoms with Crippen molar-refractivity contribution in [3.8, 4) is 0 Å². The van der Waals surface area contributed by atoms with E-state index in [2.05, 4.69) is 122 Å². The van der Waals surface area contributed by atoms with E-state index in [-0.39, 0.29) is 0 Å². The number of carbonyl (C=O) groups is 1. The van der Waals surface area contributed by atoms with Gasteiger partial charge >= 0.3 is 0 Å². The Morgan fingerprint density at radius 1 is 0.658 bits per heavy atom. The van der Waals surface area contributed by atoms with Crippen LogP contribution in [0.2, 0.25) is 0 Å². The van der Waals surface area contributed by atoms with Crippen LogP contribution in [0.5, 0.6) is 0 Å². The van der Waals surface area contributed by atoms with Crippen molar-refractivity contribution in [2.24, 2.45) is 5.92 Å². The monoisotopic (exact) mass is 529 g/mol. The van der Waals surface area contributed by atoms with Gasteiger partial charge in [0.25, 0.3) is 0 Å². The van der Waals surface area contributed by atoms with Crippen LogP contribution in [0.25, 0.3) is 0 Å². The number of piperazine rings is 1. The number of hydrogen-bond acceptors (Lipinski definition) is 2. The van der Waals surface area contributed by atoms with Crippen molar-refractivity contribution in [2.75, 3.05) is 32.3 Å². The maximum atomic E-state index is 12.9. The minimum absolute atomic E-state index is 0.349. The molecule has 1 aliphatic rings. The molecule has 0 radical (unpaired) electrons. The van der Waals surface area contributed by atoms with E-state index in [0.717, 1.165) is 45.2 Å². The smallest absolute Gasteiger partial charge is 0.222 e. The van der Waals surface area contributed by atoms with Crippen LogP contribution in [-0.4, -0.2) is 54.1 Å². The van der Waals surface area contributed by atoms with E-state index < -0.39 is 7.26 Å². The molecule has 0 bridgehead atoms. The predicted octanol–water partition coefficient (Wildman–Crippen LogP) is 6.12. The molecule has 38 heavy (non-hydrogen) atoms. The van der Waals surface area contributed by atoms with Gasteiger partial charge in [-0.05, 0) is 68.5 Å². The third kappa shape index (κ3) is 6.93. The SMILES string of the molecule is CC(C)[C@@H](C)N1CCN(C(=O)CCCCCC[P+](c2ccccc2)(c2ccccc2)c2ccccc2)CC1. The molecule has 3 nitrogen and oxygen atoms in total. The molecule has 1 heterocycles.